The van der Waals surface area contributed by atoms with Crippen LogP contribution in [0.25, 0.3) is 0 Å². The molecule has 0 aliphatic carbocycles. The van der Waals surface area contributed by atoms with Crippen molar-refractivity contribution in [3.63, 3.8) is 0 Å². The number of benzene rings is 1. The van der Waals surface area contributed by atoms with Crippen molar-refractivity contribution in [1.29, 1.82) is 0 Å². The molecule has 104 valence electrons. The SMILES string of the molecule is CC(=O)OC(OC(C)=O)C(C)CCc1ccccc1. The number of carbonyl (C=O) groups excluding carboxylic acids is 2. The topological polar surface area (TPSA) is 52.6 Å². The lowest BCUT2D eigenvalue weighted by Gasteiger charge is -2.22. The van der Waals surface area contributed by atoms with Crippen LogP contribution in [-0.2, 0) is 25.5 Å². The summed E-state index contributed by atoms with van der Waals surface area (Å²) in [5.74, 6) is -0.941. The molecular formula is C15H20O4. The highest BCUT2D eigenvalue weighted by Gasteiger charge is 2.23. The molecule has 0 amide bonds. The maximum Gasteiger partial charge on any atom is 0.305 e. The summed E-state index contributed by atoms with van der Waals surface area (Å²) in [6.07, 6.45) is 0.815. The van der Waals surface area contributed by atoms with E-state index in [1.807, 2.05) is 37.3 Å². The summed E-state index contributed by atoms with van der Waals surface area (Å²) in [7, 11) is 0. The van der Waals surface area contributed by atoms with E-state index in [1.54, 1.807) is 0 Å². The Morgan fingerprint density at radius 2 is 1.58 bits per heavy atom. The highest BCUT2D eigenvalue weighted by molar-refractivity contribution is 5.68. The van der Waals surface area contributed by atoms with Crippen LogP contribution in [0.3, 0.4) is 0 Å². The van der Waals surface area contributed by atoms with Crippen LogP contribution >= 0.6 is 0 Å². The van der Waals surface area contributed by atoms with Gasteiger partial charge in [-0.25, -0.2) is 0 Å². The molecule has 1 unspecified atom stereocenters. The van der Waals surface area contributed by atoms with Crippen LogP contribution in [0, 0.1) is 5.92 Å². The van der Waals surface area contributed by atoms with Crippen molar-refractivity contribution in [2.24, 2.45) is 5.92 Å². The van der Waals surface area contributed by atoms with E-state index in [0.29, 0.717) is 0 Å². The minimum atomic E-state index is -0.807. The molecule has 4 heteroatoms. The van der Waals surface area contributed by atoms with E-state index < -0.39 is 18.2 Å². The summed E-state index contributed by atoms with van der Waals surface area (Å²) in [6.45, 7) is 4.51. The first-order chi connectivity index (χ1) is 8.99. The summed E-state index contributed by atoms with van der Waals surface area (Å²) >= 11 is 0. The first-order valence-corrected chi connectivity index (χ1v) is 6.37. The number of hydrogen-bond acceptors (Lipinski definition) is 4. The maximum absolute atomic E-state index is 11.0. The van der Waals surface area contributed by atoms with E-state index in [0.717, 1.165) is 12.8 Å². The second kappa shape index (κ2) is 7.56. The molecule has 0 aliphatic heterocycles. The molecule has 0 spiro atoms. The third kappa shape index (κ3) is 6.04. The third-order valence-electron chi connectivity index (χ3n) is 2.76. The molecule has 0 saturated carbocycles. The van der Waals surface area contributed by atoms with Gasteiger partial charge in [-0.3, -0.25) is 9.59 Å². The van der Waals surface area contributed by atoms with Crippen LogP contribution in [0.5, 0.6) is 0 Å². The third-order valence-corrected chi connectivity index (χ3v) is 2.76. The number of rotatable bonds is 6. The quantitative estimate of drug-likeness (QED) is 0.585. The molecule has 0 radical (unpaired) electrons. The molecule has 4 nitrogen and oxygen atoms in total. The average Bonchev–Trinajstić information content (AvgIpc) is 2.35. The lowest BCUT2D eigenvalue weighted by atomic mass is 10.0. The van der Waals surface area contributed by atoms with Crippen molar-refractivity contribution in [1.82, 2.24) is 0 Å². The van der Waals surface area contributed by atoms with Gasteiger partial charge in [-0.2, -0.15) is 0 Å². The van der Waals surface area contributed by atoms with Crippen LogP contribution in [0.2, 0.25) is 0 Å². The number of carbonyl (C=O) groups is 2. The lowest BCUT2D eigenvalue weighted by Crippen LogP contribution is -2.29. The molecule has 0 bridgehead atoms. The standard InChI is InChI=1S/C15H20O4/c1-11(9-10-14-7-5-4-6-8-14)15(18-12(2)16)19-13(3)17/h4-8,11,15H,9-10H2,1-3H3. The molecule has 1 aromatic rings. The first-order valence-electron chi connectivity index (χ1n) is 6.37. The van der Waals surface area contributed by atoms with E-state index in [4.69, 9.17) is 9.47 Å². The van der Waals surface area contributed by atoms with Crippen molar-refractivity contribution in [2.45, 2.75) is 39.9 Å². The molecule has 0 fully saturated rings. The van der Waals surface area contributed by atoms with Gasteiger partial charge in [-0.1, -0.05) is 37.3 Å². The van der Waals surface area contributed by atoms with Gasteiger partial charge in [0.25, 0.3) is 0 Å². The Hall–Kier alpha value is -1.84. The van der Waals surface area contributed by atoms with Crippen molar-refractivity contribution >= 4 is 11.9 Å². The second-order valence-electron chi connectivity index (χ2n) is 4.59. The van der Waals surface area contributed by atoms with Gasteiger partial charge in [0.1, 0.15) is 0 Å². The van der Waals surface area contributed by atoms with Gasteiger partial charge in [-0.05, 0) is 18.4 Å². The summed E-state index contributed by atoms with van der Waals surface area (Å²) in [5, 5.41) is 0. The summed E-state index contributed by atoms with van der Waals surface area (Å²) in [5.41, 5.74) is 1.21. The van der Waals surface area contributed by atoms with E-state index in [2.05, 4.69) is 0 Å². The van der Waals surface area contributed by atoms with Gasteiger partial charge in [0.15, 0.2) is 0 Å². The first kappa shape index (κ1) is 15.2. The van der Waals surface area contributed by atoms with Gasteiger partial charge in [0.05, 0.1) is 0 Å². The van der Waals surface area contributed by atoms with Gasteiger partial charge in [0.2, 0.25) is 6.29 Å². The van der Waals surface area contributed by atoms with Gasteiger partial charge < -0.3 is 9.47 Å². The highest BCUT2D eigenvalue weighted by atomic mass is 16.7. The summed E-state index contributed by atoms with van der Waals surface area (Å²) < 4.78 is 10.1. The minimum absolute atomic E-state index is 0.0481. The average molecular weight is 264 g/mol. The fraction of sp³-hybridized carbons (Fsp3) is 0.467. The molecule has 0 N–H and O–H groups in total. The van der Waals surface area contributed by atoms with Crippen LogP contribution in [0.1, 0.15) is 32.8 Å². The zero-order valence-corrected chi connectivity index (χ0v) is 11.6. The fourth-order valence-corrected chi connectivity index (χ4v) is 1.76. The van der Waals surface area contributed by atoms with Crippen LogP contribution in [0.15, 0.2) is 30.3 Å². The van der Waals surface area contributed by atoms with E-state index in [9.17, 15) is 9.59 Å². The van der Waals surface area contributed by atoms with Crippen LogP contribution in [0.4, 0.5) is 0 Å². The van der Waals surface area contributed by atoms with Gasteiger partial charge in [0, 0.05) is 19.8 Å². The van der Waals surface area contributed by atoms with Gasteiger partial charge in [-0.15, -0.1) is 0 Å². The van der Waals surface area contributed by atoms with E-state index >= 15 is 0 Å². The Morgan fingerprint density at radius 3 is 2.05 bits per heavy atom. The van der Waals surface area contributed by atoms with Crippen molar-refractivity contribution in [3.8, 4) is 0 Å². The maximum atomic E-state index is 11.0. The predicted molar refractivity (Wildman–Crippen MR) is 71.2 cm³/mol. The fourth-order valence-electron chi connectivity index (χ4n) is 1.76. The number of esters is 2. The zero-order valence-electron chi connectivity index (χ0n) is 11.6. The molecule has 19 heavy (non-hydrogen) atoms. The molecule has 0 aliphatic rings. The van der Waals surface area contributed by atoms with Crippen molar-refractivity contribution in [3.05, 3.63) is 35.9 Å². The second-order valence-corrected chi connectivity index (χ2v) is 4.59. The lowest BCUT2D eigenvalue weighted by molar-refractivity contribution is -0.194. The Labute approximate surface area is 113 Å². The monoisotopic (exact) mass is 264 g/mol. The molecule has 0 saturated heterocycles. The zero-order chi connectivity index (χ0) is 14.3. The number of hydrogen-bond donors (Lipinski definition) is 0. The van der Waals surface area contributed by atoms with E-state index in [-0.39, 0.29) is 5.92 Å². The Morgan fingerprint density at radius 1 is 1.05 bits per heavy atom. The Balaban J connectivity index is 2.53. The predicted octanol–water partition coefficient (Wildman–Crippen LogP) is 2.71. The number of aryl methyl sites for hydroxylation is 1. The summed E-state index contributed by atoms with van der Waals surface area (Å²) in [6, 6.07) is 10.0. The van der Waals surface area contributed by atoms with Crippen LogP contribution < -0.4 is 0 Å². The molecule has 1 aromatic carbocycles. The van der Waals surface area contributed by atoms with E-state index in [1.165, 1.54) is 19.4 Å². The normalized spacial score (nSPS) is 12.0. The Kier molecular flexibility index (Phi) is 6.06. The largest absolute Gasteiger partial charge is 0.425 e. The van der Waals surface area contributed by atoms with Crippen LogP contribution in [-0.4, -0.2) is 18.2 Å². The van der Waals surface area contributed by atoms with Crippen molar-refractivity contribution in [2.75, 3.05) is 0 Å². The molecular weight excluding hydrogens is 244 g/mol. The molecule has 1 rings (SSSR count). The molecule has 0 aromatic heterocycles. The van der Waals surface area contributed by atoms with Gasteiger partial charge >= 0.3 is 11.9 Å². The Bertz CT molecular complexity index is 397. The smallest absolute Gasteiger partial charge is 0.305 e. The number of ether oxygens (including phenoxy) is 2. The highest BCUT2D eigenvalue weighted by Crippen LogP contribution is 2.17. The molecule has 0 heterocycles. The van der Waals surface area contributed by atoms with Crippen molar-refractivity contribution < 1.29 is 19.1 Å². The minimum Gasteiger partial charge on any atom is -0.425 e. The summed E-state index contributed by atoms with van der Waals surface area (Å²) in [4.78, 5) is 22.0. The molecule has 1 atom stereocenters.